The van der Waals surface area contributed by atoms with Crippen molar-refractivity contribution in [2.75, 3.05) is 28.6 Å². The summed E-state index contributed by atoms with van der Waals surface area (Å²) >= 11 is 0. The number of hydrogen-bond donors (Lipinski definition) is 2. The Balaban J connectivity index is 1.38. The van der Waals surface area contributed by atoms with E-state index < -0.39 is 0 Å². The predicted molar refractivity (Wildman–Crippen MR) is 104 cm³/mol. The monoisotopic (exact) mass is 380 g/mol. The van der Waals surface area contributed by atoms with Gasteiger partial charge in [-0.15, -0.1) is 5.10 Å². The van der Waals surface area contributed by atoms with Crippen LogP contribution in [0.5, 0.6) is 0 Å². The van der Waals surface area contributed by atoms with Gasteiger partial charge in [0.2, 0.25) is 11.8 Å². The van der Waals surface area contributed by atoms with Crippen molar-refractivity contribution in [2.45, 2.75) is 20.4 Å². The van der Waals surface area contributed by atoms with Crippen LogP contribution in [0, 0.1) is 5.92 Å². The smallest absolute Gasteiger partial charge is 0.231 e. The number of anilines is 3. The van der Waals surface area contributed by atoms with E-state index in [-0.39, 0.29) is 17.7 Å². The third-order valence-corrected chi connectivity index (χ3v) is 4.61. The molecule has 144 valence electrons. The van der Waals surface area contributed by atoms with Gasteiger partial charge in [-0.1, -0.05) is 5.21 Å². The molecule has 2 N–H and O–H groups in total. The summed E-state index contributed by atoms with van der Waals surface area (Å²) in [6.07, 6.45) is 1.50. The minimum Gasteiger partial charge on any atom is -0.353 e. The summed E-state index contributed by atoms with van der Waals surface area (Å²) in [6, 6.07) is 7.02. The van der Waals surface area contributed by atoms with Gasteiger partial charge < -0.3 is 15.5 Å². The normalized spacial score (nSPS) is 14.0. The van der Waals surface area contributed by atoms with Crippen LogP contribution in [-0.2, 0) is 16.1 Å². The molecule has 28 heavy (non-hydrogen) atoms. The van der Waals surface area contributed by atoms with E-state index in [0.717, 1.165) is 0 Å². The zero-order valence-corrected chi connectivity index (χ0v) is 15.6. The molecular weight excluding hydrogens is 360 g/mol. The third kappa shape index (κ3) is 3.36. The molecule has 0 radical (unpaired) electrons. The van der Waals surface area contributed by atoms with Gasteiger partial charge in [0.1, 0.15) is 6.33 Å². The third-order valence-electron chi connectivity index (χ3n) is 4.61. The molecule has 4 rings (SSSR count). The maximum absolute atomic E-state index is 12.5. The van der Waals surface area contributed by atoms with Crippen molar-refractivity contribution in [1.82, 2.24) is 25.0 Å². The number of carbonyl (C=O) groups is 2. The van der Waals surface area contributed by atoms with Crippen LogP contribution in [-0.4, -0.2) is 49.9 Å². The molecule has 1 aromatic carbocycles. The Hall–Kier alpha value is -3.56. The number of nitrogens with one attached hydrogen (secondary N) is 2. The first-order chi connectivity index (χ1) is 13.5. The number of aryl methyl sites for hydroxylation is 1. The van der Waals surface area contributed by atoms with Crippen LogP contribution in [0.2, 0.25) is 0 Å². The number of hydrogen-bond acceptors (Lipinski definition) is 7. The van der Waals surface area contributed by atoms with Crippen molar-refractivity contribution in [3.8, 4) is 0 Å². The van der Waals surface area contributed by atoms with E-state index >= 15 is 0 Å². The van der Waals surface area contributed by atoms with Crippen LogP contribution in [0.4, 0.5) is 17.2 Å². The molecule has 1 fully saturated rings. The molecule has 3 heterocycles. The average molecular weight is 380 g/mol. The molecular formula is C18H20N8O2. The summed E-state index contributed by atoms with van der Waals surface area (Å²) in [4.78, 5) is 34.1. The van der Waals surface area contributed by atoms with E-state index in [2.05, 4.69) is 30.9 Å². The van der Waals surface area contributed by atoms with Gasteiger partial charge in [-0.2, -0.15) is 0 Å². The van der Waals surface area contributed by atoms with Crippen LogP contribution < -0.4 is 15.5 Å². The van der Waals surface area contributed by atoms with Crippen molar-refractivity contribution < 1.29 is 9.59 Å². The molecule has 0 bridgehead atoms. The molecule has 1 aliphatic heterocycles. The molecule has 1 saturated heterocycles. The predicted octanol–water partition coefficient (Wildman–Crippen LogP) is 1.27. The lowest BCUT2D eigenvalue weighted by Crippen LogP contribution is -2.52. The molecule has 10 heteroatoms. The van der Waals surface area contributed by atoms with E-state index in [1.807, 2.05) is 11.8 Å². The largest absolute Gasteiger partial charge is 0.353 e. The first-order valence-electron chi connectivity index (χ1n) is 9.03. The van der Waals surface area contributed by atoms with Crippen LogP contribution in [0.1, 0.15) is 13.8 Å². The molecule has 2 aromatic heterocycles. The Bertz CT molecular complexity index is 1020. The van der Waals surface area contributed by atoms with E-state index in [9.17, 15) is 9.59 Å². The molecule has 0 atom stereocenters. The highest BCUT2D eigenvalue weighted by Gasteiger charge is 2.35. The number of aromatic nitrogens is 5. The van der Waals surface area contributed by atoms with Gasteiger partial charge in [-0.05, 0) is 31.2 Å². The summed E-state index contributed by atoms with van der Waals surface area (Å²) in [5.74, 6) is 0.379. The van der Waals surface area contributed by atoms with E-state index in [1.165, 1.54) is 13.3 Å². The lowest BCUT2D eigenvalue weighted by Gasteiger charge is -2.38. The van der Waals surface area contributed by atoms with Gasteiger partial charge in [0.05, 0.1) is 5.92 Å². The second kappa shape index (κ2) is 7.22. The van der Waals surface area contributed by atoms with Crippen LogP contribution in [0.15, 0.2) is 30.6 Å². The Labute approximate surface area is 161 Å². The van der Waals surface area contributed by atoms with Crippen LogP contribution in [0.3, 0.4) is 0 Å². The van der Waals surface area contributed by atoms with Gasteiger partial charge >= 0.3 is 0 Å². The fraction of sp³-hybridized carbons (Fsp3) is 0.333. The molecule has 3 aromatic rings. The van der Waals surface area contributed by atoms with Gasteiger partial charge in [-0.25, -0.2) is 14.6 Å². The minimum atomic E-state index is -0.138. The Morgan fingerprint density at radius 2 is 1.79 bits per heavy atom. The van der Waals surface area contributed by atoms with E-state index in [4.69, 9.17) is 0 Å². The minimum absolute atomic E-state index is 0.0500. The molecule has 0 unspecified atom stereocenters. The van der Waals surface area contributed by atoms with Crippen LogP contribution >= 0.6 is 0 Å². The van der Waals surface area contributed by atoms with Crippen molar-refractivity contribution in [1.29, 1.82) is 0 Å². The standard InChI is InChI=1S/C18H20N8O2/c1-3-26-17-15(23-24-26)16(19-10-20-17)25-8-12(9-25)18(28)22-14-6-4-13(5-7-14)21-11(2)27/h4-7,10,12H,3,8-9H2,1-2H3,(H,21,27)(H,22,28). The number of fused-ring (bicyclic) bond motifs is 1. The number of rotatable bonds is 5. The zero-order chi connectivity index (χ0) is 19.7. The maximum atomic E-state index is 12.5. The van der Waals surface area contributed by atoms with Gasteiger partial charge in [-0.3, -0.25) is 9.59 Å². The Kier molecular flexibility index (Phi) is 4.60. The first-order valence-corrected chi connectivity index (χ1v) is 9.03. The molecule has 0 saturated carbocycles. The zero-order valence-electron chi connectivity index (χ0n) is 15.6. The van der Waals surface area contributed by atoms with Gasteiger partial charge in [0.15, 0.2) is 17.0 Å². The molecule has 0 spiro atoms. The highest BCUT2D eigenvalue weighted by atomic mass is 16.2. The van der Waals surface area contributed by atoms with Crippen molar-refractivity contribution in [2.24, 2.45) is 5.92 Å². The summed E-state index contributed by atoms with van der Waals surface area (Å²) in [6.45, 7) is 5.22. The number of benzene rings is 1. The maximum Gasteiger partial charge on any atom is 0.231 e. The highest BCUT2D eigenvalue weighted by molar-refractivity contribution is 5.95. The van der Waals surface area contributed by atoms with Crippen molar-refractivity contribution in [3.63, 3.8) is 0 Å². The van der Waals surface area contributed by atoms with E-state index in [1.54, 1.807) is 28.9 Å². The summed E-state index contributed by atoms with van der Waals surface area (Å²) < 4.78 is 1.72. The quantitative estimate of drug-likeness (QED) is 0.684. The summed E-state index contributed by atoms with van der Waals surface area (Å²) in [5.41, 5.74) is 2.72. The fourth-order valence-corrected chi connectivity index (χ4v) is 3.13. The highest BCUT2D eigenvalue weighted by Crippen LogP contribution is 2.28. The van der Waals surface area contributed by atoms with E-state index in [0.29, 0.717) is 48.0 Å². The van der Waals surface area contributed by atoms with Gasteiger partial charge in [0, 0.05) is 37.9 Å². The summed E-state index contributed by atoms with van der Waals surface area (Å²) in [7, 11) is 0. The second-order valence-corrected chi connectivity index (χ2v) is 6.62. The topological polar surface area (TPSA) is 118 Å². The Morgan fingerprint density at radius 3 is 2.43 bits per heavy atom. The number of nitrogens with zero attached hydrogens (tertiary/aromatic N) is 6. The van der Waals surface area contributed by atoms with Crippen LogP contribution in [0.25, 0.3) is 11.2 Å². The first kappa shape index (κ1) is 17.8. The number of amides is 2. The molecule has 0 aliphatic carbocycles. The van der Waals surface area contributed by atoms with Gasteiger partial charge in [0.25, 0.3) is 0 Å². The second-order valence-electron chi connectivity index (χ2n) is 6.62. The van der Waals surface area contributed by atoms with Crippen molar-refractivity contribution in [3.05, 3.63) is 30.6 Å². The lowest BCUT2D eigenvalue weighted by atomic mass is 9.99. The molecule has 2 amide bonds. The fourth-order valence-electron chi connectivity index (χ4n) is 3.13. The average Bonchev–Trinajstić information content (AvgIpc) is 3.06. The molecule has 10 nitrogen and oxygen atoms in total. The van der Waals surface area contributed by atoms with Crippen molar-refractivity contribution >= 4 is 40.2 Å². The number of carbonyl (C=O) groups excluding carboxylic acids is 2. The SMILES string of the molecule is CCn1nnc2c(N3CC(C(=O)Nc4ccc(NC(C)=O)cc4)C3)ncnc21. The Morgan fingerprint density at radius 1 is 1.11 bits per heavy atom. The lowest BCUT2D eigenvalue weighted by molar-refractivity contribution is -0.120. The summed E-state index contributed by atoms with van der Waals surface area (Å²) in [5, 5.41) is 13.9. The molecule has 1 aliphatic rings.